The molecule has 1 heterocycles. The van der Waals surface area contributed by atoms with E-state index in [1.54, 1.807) is 42.6 Å². The van der Waals surface area contributed by atoms with Crippen LogP contribution in [0.4, 0.5) is 0 Å². The summed E-state index contributed by atoms with van der Waals surface area (Å²) in [5, 5.41) is 19.4. The van der Waals surface area contributed by atoms with Gasteiger partial charge in [0.05, 0.1) is 11.9 Å². The summed E-state index contributed by atoms with van der Waals surface area (Å²) in [6.07, 6.45) is 1.71. The maximum atomic E-state index is 10.6. The van der Waals surface area contributed by atoms with E-state index in [4.69, 9.17) is 39.5 Å². The van der Waals surface area contributed by atoms with E-state index in [0.717, 1.165) is 11.1 Å². The number of aromatic hydroxyl groups is 1. The van der Waals surface area contributed by atoms with Gasteiger partial charge in [-0.2, -0.15) is 5.10 Å². The third-order valence-electron chi connectivity index (χ3n) is 4.48. The number of hydrogen-bond donors (Lipinski definition) is 2. The van der Waals surface area contributed by atoms with Gasteiger partial charge in [-0.1, -0.05) is 53.0 Å². The highest BCUT2D eigenvalue weighted by Gasteiger charge is 2.15. The van der Waals surface area contributed by atoms with E-state index in [-0.39, 0.29) is 12.4 Å². The van der Waals surface area contributed by atoms with Crippen molar-refractivity contribution in [2.75, 3.05) is 0 Å². The van der Waals surface area contributed by atoms with Crippen LogP contribution in [0.25, 0.3) is 22.4 Å². The number of H-pyrrole nitrogens is 1. The Morgan fingerprint density at radius 3 is 2.31 bits per heavy atom. The summed E-state index contributed by atoms with van der Waals surface area (Å²) in [7, 11) is 0. The van der Waals surface area contributed by atoms with Crippen molar-refractivity contribution < 1.29 is 9.84 Å². The summed E-state index contributed by atoms with van der Waals surface area (Å²) in [5.74, 6) is 0.557. The second-order valence-electron chi connectivity index (χ2n) is 6.33. The monoisotopic (exact) mass is 444 g/mol. The number of halogens is 3. The molecule has 0 saturated carbocycles. The molecule has 0 spiro atoms. The molecule has 7 heteroatoms. The van der Waals surface area contributed by atoms with Crippen LogP contribution >= 0.6 is 34.8 Å². The molecular weight excluding hydrogens is 431 g/mol. The van der Waals surface area contributed by atoms with Gasteiger partial charge in [0.15, 0.2) is 0 Å². The zero-order valence-corrected chi connectivity index (χ0v) is 17.3. The Kier molecular flexibility index (Phi) is 5.67. The first kappa shape index (κ1) is 19.6. The van der Waals surface area contributed by atoms with E-state index < -0.39 is 0 Å². The topological polar surface area (TPSA) is 58.1 Å². The SMILES string of the molecule is Oc1cc(OCc2c(Cl)cccc2Cl)ccc1-c1[nH]ncc1-c1ccc(Cl)cc1. The van der Waals surface area contributed by atoms with Crippen LogP contribution < -0.4 is 4.74 Å². The lowest BCUT2D eigenvalue weighted by molar-refractivity contribution is 0.304. The molecule has 0 aliphatic rings. The fourth-order valence-electron chi connectivity index (χ4n) is 2.98. The molecule has 0 atom stereocenters. The first-order valence-electron chi connectivity index (χ1n) is 8.71. The summed E-state index contributed by atoms with van der Waals surface area (Å²) in [4.78, 5) is 0. The van der Waals surface area contributed by atoms with Crippen molar-refractivity contribution in [1.29, 1.82) is 0 Å². The smallest absolute Gasteiger partial charge is 0.128 e. The van der Waals surface area contributed by atoms with E-state index in [1.165, 1.54) is 0 Å². The predicted molar refractivity (Wildman–Crippen MR) is 117 cm³/mol. The molecule has 0 radical (unpaired) electrons. The Morgan fingerprint density at radius 1 is 0.897 bits per heavy atom. The van der Waals surface area contributed by atoms with Crippen LogP contribution in [-0.4, -0.2) is 15.3 Å². The van der Waals surface area contributed by atoms with Gasteiger partial charge in [0.25, 0.3) is 0 Å². The number of aromatic amines is 1. The van der Waals surface area contributed by atoms with Gasteiger partial charge in [-0.05, 0) is 42.0 Å². The number of phenols is 1. The summed E-state index contributed by atoms with van der Waals surface area (Å²) >= 11 is 18.3. The molecule has 0 aliphatic carbocycles. The summed E-state index contributed by atoms with van der Waals surface area (Å²) in [6.45, 7) is 0.192. The van der Waals surface area contributed by atoms with Gasteiger partial charge in [0.2, 0.25) is 0 Å². The molecule has 146 valence electrons. The van der Waals surface area contributed by atoms with Crippen molar-refractivity contribution >= 4 is 34.8 Å². The van der Waals surface area contributed by atoms with Gasteiger partial charge in [-0.15, -0.1) is 0 Å². The number of benzene rings is 3. The van der Waals surface area contributed by atoms with Crippen molar-refractivity contribution in [3.8, 4) is 33.9 Å². The number of nitrogens with zero attached hydrogens (tertiary/aromatic N) is 1. The van der Waals surface area contributed by atoms with Crippen molar-refractivity contribution in [3.63, 3.8) is 0 Å². The van der Waals surface area contributed by atoms with E-state index >= 15 is 0 Å². The molecule has 0 saturated heterocycles. The molecule has 29 heavy (non-hydrogen) atoms. The van der Waals surface area contributed by atoms with Gasteiger partial charge in [-0.3, -0.25) is 5.10 Å². The van der Waals surface area contributed by atoms with Crippen molar-refractivity contribution in [1.82, 2.24) is 10.2 Å². The Balaban J connectivity index is 1.59. The number of aromatic nitrogens is 2. The van der Waals surface area contributed by atoms with Crippen LogP contribution in [0.3, 0.4) is 0 Å². The Bertz CT molecular complexity index is 1140. The molecular formula is C22H15Cl3N2O2. The second kappa shape index (κ2) is 8.37. The summed E-state index contributed by atoms with van der Waals surface area (Å²) < 4.78 is 5.77. The van der Waals surface area contributed by atoms with Crippen molar-refractivity contribution in [3.05, 3.63) is 87.5 Å². The molecule has 3 aromatic carbocycles. The quantitative estimate of drug-likeness (QED) is 0.348. The van der Waals surface area contributed by atoms with Crippen molar-refractivity contribution in [2.24, 2.45) is 0 Å². The van der Waals surface area contributed by atoms with Crippen LogP contribution in [0.5, 0.6) is 11.5 Å². The predicted octanol–water partition coefficient (Wildman–Crippen LogP) is 6.99. The first-order valence-corrected chi connectivity index (χ1v) is 9.84. The third kappa shape index (κ3) is 4.20. The maximum Gasteiger partial charge on any atom is 0.128 e. The average molecular weight is 446 g/mol. The minimum atomic E-state index is 0.0622. The Labute approximate surface area is 182 Å². The summed E-state index contributed by atoms with van der Waals surface area (Å²) in [5.41, 5.74) is 3.79. The molecule has 4 rings (SSSR count). The lowest BCUT2D eigenvalue weighted by Gasteiger charge is -2.11. The van der Waals surface area contributed by atoms with E-state index in [0.29, 0.717) is 37.6 Å². The zero-order chi connectivity index (χ0) is 20.4. The molecule has 0 aliphatic heterocycles. The molecule has 4 aromatic rings. The summed E-state index contributed by atoms with van der Waals surface area (Å²) in [6, 6.07) is 17.8. The van der Waals surface area contributed by atoms with Gasteiger partial charge < -0.3 is 9.84 Å². The number of hydrogen-bond acceptors (Lipinski definition) is 3. The zero-order valence-electron chi connectivity index (χ0n) is 15.0. The highest BCUT2D eigenvalue weighted by atomic mass is 35.5. The molecule has 2 N–H and O–H groups in total. The lowest BCUT2D eigenvalue weighted by atomic mass is 10.0. The molecule has 4 nitrogen and oxygen atoms in total. The third-order valence-corrected chi connectivity index (χ3v) is 5.44. The van der Waals surface area contributed by atoms with Crippen LogP contribution in [0.1, 0.15) is 5.56 Å². The molecule has 0 amide bonds. The highest BCUT2D eigenvalue weighted by molar-refractivity contribution is 6.36. The molecule has 1 aromatic heterocycles. The van der Waals surface area contributed by atoms with Crippen LogP contribution in [-0.2, 0) is 6.61 Å². The average Bonchev–Trinajstić information content (AvgIpc) is 3.18. The standard InChI is InChI=1S/C22H15Cl3N2O2/c23-14-6-4-13(5-7-14)17-11-26-27-22(17)16-9-8-15(10-21(16)28)29-12-18-19(24)2-1-3-20(18)25/h1-11,28H,12H2,(H,26,27). The van der Waals surface area contributed by atoms with Crippen LogP contribution in [0.15, 0.2) is 66.9 Å². The van der Waals surface area contributed by atoms with Crippen LogP contribution in [0, 0.1) is 0 Å². The van der Waals surface area contributed by atoms with E-state index in [1.807, 2.05) is 24.3 Å². The first-order chi connectivity index (χ1) is 14.0. The number of ether oxygens (including phenoxy) is 1. The van der Waals surface area contributed by atoms with E-state index in [9.17, 15) is 5.11 Å². The van der Waals surface area contributed by atoms with E-state index in [2.05, 4.69) is 10.2 Å². The van der Waals surface area contributed by atoms with Gasteiger partial charge in [-0.25, -0.2) is 0 Å². The molecule has 0 bridgehead atoms. The maximum absolute atomic E-state index is 10.6. The second-order valence-corrected chi connectivity index (χ2v) is 7.58. The minimum absolute atomic E-state index is 0.0622. The molecule has 0 fully saturated rings. The van der Waals surface area contributed by atoms with Gasteiger partial charge in [0, 0.05) is 37.8 Å². The Morgan fingerprint density at radius 2 is 1.62 bits per heavy atom. The largest absolute Gasteiger partial charge is 0.507 e. The molecule has 0 unspecified atom stereocenters. The van der Waals surface area contributed by atoms with Gasteiger partial charge >= 0.3 is 0 Å². The normalized spacial score (nSPS) is 10.9. The highest BCUT2D eigenvalue weighted by Crippen LogP contribution is 2.37. The number of nitrogens with one attached hydrogen (secondary N) is 1. The number of phenolic OH excluding ortho intramolecular Hbond substituents is 1. The minimum Gasteiger partial charge on any atom is -0.507 e. The fourth-order valence-corrected chi connectivity index (χ4v) is 3.61. The van der Waals surface area contributed by atoms with Crippen LogP contribution in [0.2, 0.25) is 15.1 Å². The van der Waals surface area contributed by atoms with Crippen molar-refractivity contribution in [2.45, 2.75) is 6.61 Å². The lowest BCUT2D eigenvalue weighted by Crippen LogP contribution is -1.97. The Hall–Kier alpha value is -2.66. The number of rotatable bonds is 5. The fraction of sp³-hybridized carbons (Fsp3) is 0.0455. The van der Waals surface area contributed by atoms with Gasteiger partial charge in [0.1, 0.15) is 18.1 Å².